The van der Waals surface area contributed by atoms with Gasteiger partial charge in [-0.1, -0.05) is 23.9 Å². The van der Waals surface area contributed by atoms with Crippen LogP contribution in [0.3, 0.4) is 0 Å². The molecule has 0 atom stereocenters. The number of aliphatic imine (C=N–C) groups is 1. The van der Waals surface area contributed by atoms with E-state index in [0.29, 0.717) is 22.7 Å². The summed E-state index contributed by atoms with van der Waals surface area (Å²) in [4.78, 5) is 20.8. The van der Waals surface area contributed by atoms with Crippen molar-refractivity contribution in [3.63, 3.8) is 0 Å². The predicted molar refractivity (Wildman–Crippen MR) is 117 cm³/mol. The quantitative estimate of drug-likeness (QED) is 0.301. The first-order valence-corrected chi connectivity index (χ1v) is 9.06. The molecule has 0 aliphatic rings. The third-order valence-corrected chi connectivity index (χ3v) is 4.08. The minimum atomic E-state index is -0.335. The number of hydrogen-bond acceptors (Lipinski definition) is 7. The molecule has 0 radical (unpaired) electrons. The van der Waals surface area contributed by atoms with Crippen LogP contribution in [-0.4, -0.2) is 42.4 Å². The molecule has 30 heavy (non-hydrogen) atoms. The van der Waals surface area contributed by atoms with E-state index >= 15 is 0 Å². The molecule has 1 amide bonds. The number of nitrogens with zero attached hydrogens (tertiary/aromatic N) is 3. The Morgan fingerprint density at radius 3 is 2.57 bits per heavy atom. The summed E-state index contributed by atoms with van der Waals surface area (Å²) in [5, 5.41) is 14.1. The minimum Gasteiger partial charge on any atom is -0.493 e. The number of nitrogens with one attached hydrogen (secondary N) is 1. The third kappa shape index (κ3) is 6.03. The molecule has 0 aliphatic carbocycles. The number of oxime groups is 1. The van der Waals surface area contributed by atoms with Crippen LogP contribution >= 0.6 is 0 Å². The Balaban J connectivity index is 2.10. The zero-order valence-corrected chi connectivity index (χ0v) is 17.1. The number of allylic oxidation sites excluding steroid dienone is 2. The zero-order valence-electron chi connectivity index (χ0n) is 17.1. The lowest BCUT2D eigenvalue weighted by Crippen LogP contribution is -2.30. The molecule has 1 aromatic heterocycles. The van der Waals surface area contributed by atoms with Crippen molar-refractivity contribution < 1.29 is 19.5 Å². The number of rotatable bonds is 8. The van der Waals surface area contributed by atoms with Gasteiger partial charge in [0, 0.05) is 24.1 Å². The molecule has 0 aliphatic heterocycles. The maximum absolute atomic E-state index is 11.9. The highest BCUT2D eigenvalue weighted by Crippen LogP contribution is 2.31. The van der Waals surface area contributed by atoms with Crippen molar-refractivity contribution in [2.75, 3.05) is 14.2 Å². The van der Waals surface area contributed by atoms with Gasteiger partial charge in [-0.3, -0.25) is 14.8 Å². The fourth-order valence-electron chi connectivity index (χ4n) is 2.53. The van der Waals surface area contributed by atoms with Gasteiger partial charge >= 0.3 is 0 Å². The molecule has 1 aromatic carbocycles. The van der Waals surface area contributed by atoms with Crippen molar-refractivity contribution >= 4 is 29.2 Å². The largest absolute Gasteiger partial charge is 0.493 e. The Bertz CT molecular complexity index is 979. The summed E-state index contributed by atoms with van der Waals surface area (Å²) in [6.07, 6.45) is 6.56. The highest BCUT2D eigenvalue weighted by atomic mass is 16.5. The van der Waals surface area contributed by atoms with Crippen LogP contribution in [-0.2, 0) is 11.2 Å². The molecule has 156 valence electrons. The van der Waals surface area contributed by atoms with Crippen LogP contribution in [0.25, 0.3) is 5.57 Å². The van der Waals surface area contributed by atoms with Gasteiger partial charge in [0.2, 0.25) is 5.91 Å². The Labute approximate surface area is 175 Å². The summed E-state index contributed by atoms with van der Waals surface area (Å²) in [5.41, 5.74) is 2.96. The number of hydrogen-bond donors (Lipinski definition) is 2. The van der Waals surface area contributed by atoms with Gasteiger partial charge in [0.25, 0.3) is 0 Å². The molecule has 1 heterocycles. The average molecular weight is 408 g/mol. The van der Waals surface area contributed by atoms with Crippen LogP contribution in [0.4, 0.5) is 5.69 Å². The maximum Gasteiger partial charge on any atom is 0.230 e. The lowest BCUT2D eigenvalue weighted by atomic mass is 10.1. The molecular formula is C22H24N4O4. The van der Waals surface area contributed by atoms with Gasteiger partial charge < -0.3 is 20.0 Å². The van der Waals surface area contributed by atoms with E-state index < -0.39 is 0 Å². The van der Waals surface area contributed by atoms with Crippen LogP contribution in [0.5, 0.6) is 11.5 Å². The molecule has 0 saturated heterocycles. The van der Waals surface area contributed by atoms with Gasteiger partial charge in [-0.05, 0) is 36.8 Å². The lowest BCUT2D eigenvalue weighted by Gasteiger charge is -2.07. The van der Waals surface area contributed by atoms with Gasteiger partial charge in [-0.15, -0.1) is 0 Å². The summed E-state index contributed by atoms with van der Waals surface area (Å²) < 4.78 is 10.5. The highest BCUT2D eigenvalue weighted by Gasteiger charge is 2.08. The van der Waals surface area contributed by atoms with E-state index in [9.17, 15) is 4.79 Å². The number of methoxy groups -OCH3 is 2. The monoisotopic (exact) mass is 408 g/mol. The number of carbonyl (C=O) groups is 1. The van der Waals surface area contributed by atoms with Crippen LogP contribution in [0.1, 0.15) is 18.2 Å². The summed E-state index contributed by atoms with van der Waals surface area (Å²) in [6, 6.07) is 9.02. The number of benzene rings is 1. The molecule has 0 bridgehead atoms. The van der Waals surface area contributed by atoms with Crippen molar-refractivity contribution in [1.29, 1.82) is 0 Å². The summed E-state index contributed by atoms with van der Waals surface area (Å²) in [7, 11) is 3.15. The van der Waals surface area contributed by atoms with E-state index in [4.69, 9.17) is 14.7 Å². The second-order valence-electron chi connectivity index (χ2n) is 6.01. The number of amides is 1. The number of ether oxygens (including phenoxy) is 2. The fourth-order valence-corrected chi connectivity index (χ4v) is 2.53. The van der Waals surface area contributed by atoms with E-state index in [1.165, 1.54) is 6.08 Å². The normalized spacial score (nSPS) is 12.0. The molecule has 0 spiro atoms. The van der Waals surface area contributed by atoms with Gasteiger partial charge in [0.15, 0.2) is 17.3 Å². The Morgan fingerprint density at radius 1 is 1.23 bits per heavy atom. The number of carbonyl (C=O) groups excluding carboxylic acids is 1. The molecule has 0 unspecified atom stereocenters. The summed E-state index contributed by atoms with van der Waals surface area (Å²) in [6.45, 7) is 5.33. The van der Waals surface area contributed by atoms with E-state index in [0.717, 1.165) is 11.3 Å². The van der Waals surface area contributed by atoms with Gasteiger partial charge in [-0.2, -0.15) is 0 Å². The zero-order chi connectivity index (χ0) is 21.9. The van der Waals surface area contributed by atoms with Gasteiger partial charge in [0.05, 0.1) is 32.0 Å². The third-order valence-electron chi connectivity index (χ3n) is 4.08. The van der Waals surface area contributed by atoms with Gasteiger partial charge in [-0.25, -0.2) is 0 Å². The Kier molecular flexibility index (Phi) is 8.31. The summed E-state index contributed by atoms with van der Waals surface area (Å²) >= 11 is 0. The van der Waals surface area contributed by atoms with Gasteiger partial charge in [0.1, 0.15) is 0 Å². The van der Waals surface area contributed by atoms with Crippen molar-refractivity contribution in [2.24, 2.45) is 10.1 Å². The van der Waals surface area contributed by atoms with Crippen molar-refractivity contribution in [3.05, 3.63) is 66.5 Å². The van der Waals surface area contributed by atoms with E-state index in [1.807, 2.05) is 25.1 Å². The minimum absolute atomic E-state index is 0.00726. The first-order chi connectivity index (χ1) is 14.5. The number of pyridine rings is 1. The smallest absolute Gasteiger partial charge is 0.230 e. The molecule has 0 fully saturated rings. The van der Waals surface area contributed by atoms with Crippen LogP contribution < -0.4 is 14.8 Å². The highest BCUT2D eigenvalue weighted by molar-refractivity contribution is 6.09. The van der Waals surface area contributed by atoms with Crippen molar-refractivity contribution in [1.82, 2.24) is 10.3 Å². The fraction of sp³-hybridized carbons (Fsp3) is 0.182. The number of amidine groups is 1. The van der Waals surface area contributed by atoms with Crippen LogP contribution in [0, 0.1) is 0 Å². The standard InChI is InChI=1S/C22H24N4O4/c1-5-16(14-23-17-8-10-19(29-3)20(12-17)30-4)18-9-7-15(13-24-18)11-22(27)25-21(6-2)26-28/h5-10,12-14,28H,2,11H2,1,3-4H3,(H,25,26,27)/b16-5+,23-14?. The Hall–Kier alpha value is -3.94. The molecule has 0 saturated carbocycles. The first-order valence-electron chi connectivity index (χ1n) is 9.06. The second-order valence-corrected chi connectivity index (χ2v) is 6.01. The van der Waals surface area contributed by atoms with Crippen LogP contribution in [0.15, 0.2) is 65.4 Å². The molecule has 2 aromatic rings. The molecule has 2 rings (SSSR count). The predicted octanol–water partition coefficient (Wildman–Crippen LogP) is 3.54. The lowest BCUT2D eigenvalue weighted by molar-refractivity contribution is -0.119. The Morgan fingerprint density at radius 2 is 2.00 bits per heavy atom. The van der Waals surface area contributed by atoms with Crippen molar-refractivity contribution in [3.8, 4) is 11.5 Å². The topological polar surface area (TPSA) is 105 Å². The number of aromatic nitrogens is 1. The summed E-state index contributed by atoms with van der Waals surface area (Å²) in [5.74, 6) is 0.890. The maximum atomic E-state index is 11.9. The van der Waals surface area contributed by atoms with E-state index in [1.54, 1.807) is 44.8 Å². The molecule has 2 N–H and O–H groups in total. The SMILES string of the molecule is C=C/C(=N\O)NC(=O)Cc1ccc(/C(C=Nc2ccc(OC)c(OC)c2)=C/C)nc1. The van der Waals surface area contributed by atoms with E-state index in [2.05, 4.69) is 27.0 Å². The second kappa shape index (κ2) is 11.2. The van der Waals surface area contributed by atoms with Crippen LogP contribution in [0.2, 0.25) is 0 Å². The molecular weight excluding hydrogens is 384 g/mol. The average Bonchev–Trinajstić information content (AvgIpc) is 2.78. The molecule has 8 nitrogen and oxygen atoms in total. The van der Waals surface area contributed by atoms with Crippen molar-refractivity contribution in [2.45, 2.75) is 13.3 Å². The van der Waals surface area contributed by atoms with E-state index in [-0.39, 0.29) is 18.2 Å². The first kappa shape index (κ1) is 22.4. The molecule has 8 heteroatoms.